The number of urea groups is 1. The Bertz CT molecular complexity index is 730. The molecule has 2 aromatic rings. The van der Waals surface area contributed by atoms with Crippen LogP contribution >= 0.6 is 0 Å². The second-order valence-electron chi connectivity index (χ2n) is 6.30. The highest BCUT2D eigenvalue weighted by Crippen LogP contribution is 2.29. The number of likely N-dealkylation sites (N-methyl/N-ethyl adjacent to an activating group) is 1. The third-order valence-electron chi connectivity index (χ3n) is 4.47. The smallest absolute Gasteiger partial charge is 0.319 e. The Labute approximate surface area is 141 Å². The summed E-state index contributed by atoms with van der Waals surface area (Å²) in [5, 5.41) is 5.57. The first-order chi connectivity index (χ1) is 11.5. The largest absolute Gasteiger partial charge is 0.374 e. The van der Waals surface area contributed by atoms with Crippen molar-refractivity contribution in [2.45, 2.75) is 19.3 Å². The average molecular weight is 327 g/mol. The quantitative estimate of drug-likeness (QED) is 0.898. The summed E-state index contributed by atoms with van der Waals surface area (Å²) in [5.41, 5.74) is 4.47. The molecule has 0 bridgehead atoms. The number of rotatable bonds is 4. The standard InChI is InChI=1S/C19H22FN3O/c1-13(14-3-8-18-15(11-14)9-10-23(18)2)12-21-19(24)22-17-6-4-16(20)5-7-17/h3-8,11,13H,9-10,12H2,1-2H3,(H2,21,22,24). The van der Waals surface area contributed by atoms with Crippen LogP contribution in [0.25, 0.3) is 0 Å². The zero-order valence-electron chi connectivity index (χ0n) is 14.0. The number of nitrogens with one attached hydrogen (secondary N) is 2. The Morgan fingerprint density at radius 1 is 1.25 bits per heavy atom. The second kappa shape index (κ2) is 6.91. The molecule has 24 heavy (non-hydrogen) atoms. The summed E-state index contributed by atoms with van der Waals surface area (Å²) in [6.45, 7) is 3.70. The summed E-state index contributed by atoms with van der Waals surface area (Å²) < 4.78 is 12.9. The Balaban J connectivity index is 1.54. The van der Waals surface area contributed by atoms with Gasteiger partial charge in [0.05, 0.1) is 0 Å². The Hall–Kier alpha value is -2.56. The molecule has 1 heterocycles. The second-order valence-corrected chi connectivity index (χ2v) is 6.30. The van der Waals surface area contributed by atoms with Crippen LogP contribution in [0, 0.1) is 5.82 Å². The zero-order valence-corrected chi connectivity index (χ0v) is 14.0. The van der Waals surface area contributed by atoms with Gasteiger partial charge in [-0.2, -0.15) is 0 Å². The van der Waals surface area contributed by atoms with Crippen LogP contribution in [0.2, 0.25) is 0 Å². The lowest BCUT2D eigenvalue weighted by Gasteiger charge is -2.16. The van der Waals surface area contributed by atoms with Crippen LogP contribution in [0.15, 0.2) is 42.5 Å². The fraction of sp³-hybridized carbons (Fsp3) is 0.316. The van der Waals surface area contributed by atoms with Crippen molar-refractivity contribution in [2.24, 2.45) is 0 Å². The van der Waals surface area contributed by atoms with Crippen molar-refractivity contribution >= 4 is 17.4 Å². The molecule has 2 N–H and O–H groups in total. The van der Waals surface area contributed by atoms with Crippen LogP contribution in [0.5, 0.6) is 0 Å². The van der Waals surface area contributed by atoms with E-state index in [0.29, 0.717) is 12.2 Å². The number of carbonyl (C=O) groups is 1. The first-order valence-corrected chi connectivity index (χ1v) is 8.17. The number of halogens is 1. The molecule has 5 heteroatoms. The third-order valence-corrected chi connectivity index (χ3v) is 4.47. The SMILES string of the molecule is CC(CNC(=O)Nc1ccc(F)cc1)c1ccc2c(c1)CCN2C. The number of hydrogen-bond donors (Lipinski definition) is 2. The predicted octanol–water partition coefficient (Wildman–Crippen LogP) is 3.74. The van der Waals surface area contributed by atoms with E-state index in [1.54, 1.807) is 0 Å². The summed E-state index contributed by atoms with van der Waals surface area (Å²) in [4.78, 5) is 14.2. The predicted molar refractivity (Wildman–Crippen MR) is 95.3 cm³/mol. The number of hydrogen-bond acceptors (Lipinski definition) is 2. The van der Waals surface area contributed by atoms with Gasteiger partial charge in [-0.05, 0) is 53.8 Å². The van der Waals surface area contributed by atoms with Crippen LogP contribution < -0.4 is 15.5 Å². The summed E-state index contributed by atoms with van der Waals surface area (Å²) in [6, 6.07) is 12.0. The molecule has 4 nitrogen and oxygen atoms in total. The van der Waals surface area contributed by atoms with E-state index in [0.717, 1.165) is 13.0 Å². The van der Waals surface area contributed by atoms with E-state index in [1.165, 1.54) is 41.1 Å². The minimum absolute atomic E-state index is 0.222. The molecule has 2 aromatic carbocycles. The van der Waals surface area contributed by atoms with Crippen LogP contribution in [0.3, 0.4) is 0 Å². The van der Waals surface area contributed by atoms with Gasteiger partial charge in [-0.25, -0.2) is 9.18 Å². The lowest BCUT2D eigenvalue weighted by Crippen LogP contribution is -2.31. The highest BCUT2D eigenvalue weighted by Gasteiger charge is 2.17. The monoisotopic (exact) mass is 327 g/mol. The van der Waals surface area contributed by atoms with Gasteiger partial charge in [0, 0.05) is 31.5 Å². The number of anilines is 2. The molecule has 2 amide bonds. The zero-order chi connectivity index (χ0) is 17.1. The number of benzene rings is 2. The Morgan fingerprint density at radius 2 is 2.00 bits per heavy atom. The molecule has 126 valence electrons. The highest BCUT2D eigenvalue weighted by atomic mass is 19.1. The molecule has 3 rings (SSSR count). The van der Waals surface area contributed by atoms with E-state index in [9.17, 15) is 9.18 Å². The summed E-state index contributed by atoms with van der Waals surface area (Å²) >= 11 is 0. The maximum absolute atomic E-state index is 12.9. The maximum atomic E-state index is 12.9. The molecule has 0 saturated carbocycles. The number of fused-ring (bicyclic) bond motifs is 1. The van der Waals surface area contributed by atoms with Crippen LogP contribution in [-0.2, 0) is 6.42 Å². The van der Waals surface area contributed by atoms with Gasteiger partial charge in [0.2, 0.25) is 0 Å². The van der Waals surface area contributed by atoms with Gasteiger partial charge in [0.25, 0.3) is 0 Å². The molecule has 1 atom stereocenters. The van der Waals surface area contributed by atoms with Crippen LogP contribution in [0.1, 0.15) is 24.0 Å². The van der Waals surface area contributed by atoms with Crippen molar-refractivity contribution in [1.29, 1.82) is 0 Å². The van der Waals surface area contributed by atoms with Gasteiger partial charge in [-0.3, -0.25) is 0 Å². The van der Waals surface area contributed by atoms with E-state index in [4.69, 9.17) is 0 Å². The molecular weight excluding hydrogens is 305 g/mol. The van der Waals surface area contributed by atoms with E-state index in [-0.39, 0.29) is 17.8 Å². The lowest BCUT2D eigenvalue weighted by atomic mass is 9.98. The van der Waals surface area contributed by atoms with E-state index >= 15 is 0 Å². The summed E-state index contributed by atoms with van der Waals surface area (Å²) in [5.74, 6) is -0.1000. The van der Waals surface area contributed by atoms with Gasteiger partial charge >= 0.3 is 6.03 Å². The maximum Gasteiger partial charge on any atom is 0.319 e. The normalized spacial score (nSPS) is 14.2. The number of carbonyl (C=O) groups excluding carboxylic acids is 1. The van der Waals surface area contributed by atoms with Crippen LogP contribution in [0.4, 0.5) is 20.6 Å². The Kier molecular flexibility index (Phi) is 4.69. The summed E-state index contributed by atoms with van der Waals surface area (Å²) in [7, 11) is 2.11. The number of nitrogens with zero attached hydrogens (tertiary/aromatic N) is 1. The van der Waals surface area contributed by atoms with E-state index < -0.39 is 0 Å². The van der Waals surface area contributed by atoms with Crippen molar-refractivity contribution in [3.63, 3.8) is 0 Å². The minimum atomic E-state index is -0.322. The molecule has 0 aliphatic carbocycles. The molecule has 0 fully saturated rings. The fourth-order valence-electron chi connectivity index (χ4n) is 2.97. The molecule has 1 aliphatic heterocycles. The first kappa shape index (κ1) is 16.3. The van der Waals surface area contributed by atoms with Gasteiger partial charge in [0.15, 0.2) is 0 Å². The molecular formula is C19H22FN3O. The van der Waals surface area contributed by atoms with Crippen LogP contribution in [-0.4, -0.2) is 26.2 Å². The molecule has 1 aliphatic rings. The van der Waals surface area contributed by atoms with Crippen molar-refractivity contribution in [2.75, 3.05) is 30.4 Å². The molecule has 0 aromatic heterocycles. The average Bonchev–Trinajstić information content (AvgIpc) is 2.95. The highest BCUT2D eigenvalue weighted by molar-refractivity contribution is 5.89. The van der Waals surface area contributed by atoms with E-state index in [1.807, 2.05) is 0 Å². The number of amides is 2. The van der Waals surface area contributed by atoms with Crippen molar-refractivity contribution < 1.29 is 9.18 Å². The van der Waals surface area contributed by atoms with Gasteiger partial charge in [-0.1, -0.05) is 19.1 Å². The molecule has 1 unspecified atom stereocenters. The lowest BCUT2D eigenvalue weighted by molar-refractivity contribution is 0.251. The Morgan fingerprint density at radius 3 is 2.75 bits per heavy atom. The first-order valence-electron chi connectivity index (χ1n) is 8.17. The summed E-state index contributed by atoms with van der Waals surface area (Å²) in [6.07, 6.45) is 1.07. The fourth-order valence-corrected chi connectivity index (χ4v) is 2.97. The van der Waals surface area contributed by atoms with Crippen molar-refractivity contribution in [1.82, 2.24) is 5.32 Å². The van der Waals surface area contributed by atoms with Gasteiger partial charge < -0.3 is 15.5 Å². The molecule has 0 radical (unpaired) electrons. The molecule has 0 spiro atoms. The topological polar surface area (TPSA) is 44.4 Å². The third kappa shape index (κ3) is 3.67. The van der Waals surface area contributed by atoms with Gasteiger partial charge in [0.1, 0.15) is 5.82 Å². The van der Waals surface area contributed by atoms with E-state index in [2.05, 4.69) is 47.7 Å². The van der Waals surface area contributed by atoms with Gasteiger partial charge in [-0.15, -0.1) is 0 Å². The van der Waals surface area contributed by atoms with Crippen molar-refractivity contribution in [3.05, 3.63) is 59.4 Å². The van der Waals surface area contributed by atoms with Crippen molar-refractivity contribution in [3.8, 4) is 0 Å². The molecule has 0 saturated heterocycles. The minimum Gasteiger partial charge on any atom is -0.374 e.